The number of fused-ring (bicyclic) bond motifs is 1. The molecule has 13 heteroatoms. The zero-order valence-electron chi connectivity index (χ0n) is 21.2. The fraction of sp³-hybridized carbons (Fsp3) is 0.407. The molecule has 1 aromatic heterocycles. The first-order chi connectivity index (χ1) is 18.9. The van der Waals surface area contributed by atoms with Crippen LogP contribution < -0.4 is 5.43 Å². The van der Waals surface area contributed by atoms with Gasteiger partial charge in [-0.1, -0.05) is 0 Å². The van der Waals surface area contributed by atoms with Gasteiger partial charge in [0, 0.05) is 17.7 Å². The molecule has 13 nitrogen and oxygen atoms in total. The van der Waals surface area contributed by atoms with E-state index in [9.17, 15) is 45.3 Å². The fourth-order valence-electron chi connectivity index (χ4n) is 4.91. The number of aliphatic hydroxyl groups is 4. The molecule has 214 valence electrons. The summed E-state index contributed by atoms with van der Waals surface area (Å²) in [6, 6.07) is 7.92. The Balaban J connectivity index is 1.58. The maximum atomic E-state index is 13.1. The molecular weight excluding hydrogens is 532 g/mol. The first-order valence-electron chi connectivity index (χ1n) is 12.4. The number of benzene rings is 2. The van der Waals surface area contributed by atoms with E-state index in [0.717, 1.165) is 12.1 Å². The predicted octanol–water partition coefficient (Wildman–Crippen LogP) is 0.179. The van der Waals surface area contributed by atoms with E-state index in [1.807, 2.05) is 0 Å². The van der Waals surface area contributed by atoms with Crippen LogP contribution in [0, 0.1) is 0 Å². The maximum absolute atomic E-state index is 13.1. The summed E-state index contributed by atoms with van der Waals surface area (Å²) in [6.45, 7) is 2.77. The lowest BCUT2D eigenvalue weighted by Crippen LogP contribution is -2.60. The Bertz CT molecular complexity index is 1480. The number of carbonyl (C=O) groups is 1. The average Bonchev–Trinajstić information content (AvgIpc) is 2.91. The van der Waals surface area contributed by atoms with Crippen molar-refractivity contribution < 1.29 is 59.2 Å². The van der Waals surface area contributed by atoms with Crippen LogP contribution in [-0.2, 0) is 19.0 Å². The number of rotatable bonds is 4. The number of Topliss-reactive ketones (excluding diaryl/α,β-unsaturated/α-hetero) is 1. The second-order valence-corrected chi connectivity index (χ2v) is 9.90. The van der Waals surface area contributed by atoms with Gasteiger partial charge in [-0.2, -0.15) is 0 Å². The minimum Gasteiger partial charge on any atom is -0.508 e. The van der Waals surface area contributed by atoms with Crippen LogP contribution in [-0.4, -0.2) is 90.5 Å². The Kier molecular flexibility index (Phi) is 7.31. The van der Waals surface area contributed by atoms with E-state index in [1.165, 1.54) is 38.1 Å². The van der Waals surface area contributed by atoms with E-state index in [1.54, 1.807) is 0 Å². The van der Waals surface area contributed by atoms with Gasteiger partial charge in [0.25, 0.3) is 0 Å². The highest BCUT2D eigenvalue weighted by molar-refractivity contribution is 5.92. The van der Waals surface area contributed by atoms with Gasteiger partial charge < -0.3 is 54.4 Å². The van der Waals surface area contributed by atoms with E-state index in [4.69, 9.17) is 18.6 Å². The molecule has 5 rings (SSSR count). The van der Waals surface area contributed by atoms with E-state index in [-0.39, 0.29) is 22.5 Å². The maximum Gasteiger partial charge on any atom is 0.197 e. The van der Waals surface area contributed by atoms with Crippen molar-refractivity contribution in [1.29, 1.82) is 0 Å². The number of aromatic hydroxyl groups is 3. The highest BCUT2D eigenvalue weighted by Crippen LogP contribution is 2.45. The van der Waals surface area contributed by atoms with E-state index < -0.39 is 83.4 Å². The van der Waals surface area contributed by atoms with Crippen LogP contribution in [0.25, 0.3) is 22.3 Å². The van der Waals surface area contributed by atoms with Gasteiger partial charge in [-0.05, 0) is 38.1 Å². The first kappa shape index (κ1) is 28.0. The third kappa shape index (κ3) is 4.71. The number of phenols is 3. The van der Waals surface area contributed by atoms with Gasteiger partial charge in [-0.3, -0.25) is 9.59 Å². The molecule has 0 spiro atoms. The van der Waals surface area contributed by atoms with Gasteiger partial charge >= 0.3 is 0 Å². The van der Waals surface area contributed by atoms with Crippen LogP contribution in [0.4, 0.5) is 0 Å². The topological polar surface area (TPSA) is 217 Å². The van der Waals surface area contributed by atoms with Crippen molar-refractivity contribution in [3.05, 3.63) is 52.2 Å². The van der Waals surface area contributed by atoms with Gasteiger partial charge in [0.1, 0.15) is 64.5 Å². The second kappa shape index (κ2) is 10.4. The van der Waals surface area contributed by atoms with Gasteiger partial charge in [0.15, 0.2) is 23.6 Å². The highest BCUT2D eigenvalue weighted by Gasteiger charge is 2.50. The van der Waals surface area contributed by atoms with Gasteiger partial charge in [0.05, 0.1) is 17.8 Å². The average molecular weight is 561 g/mol. The predicted molar refractivity (Wildman–Crippen MR) is 134 cm³/mol. The normalized spacial score (nSPS) is 32.9. The molecule has 4 unspecified atom stereocenters. The monoisotopic (exact) mass is 560 g/mol. The van der Waals surface area contributed by atoms with E-state index in [0.29, 0.717) is 5.56 Å². The zero-order valence-corrected chi connectivity index (χ0v) is 21.2. The molecule has 2 aliphatic heterocycles. The molecule has 2 aromatic carbocycles. The van der Waals surface area contributed by atoms with Crippen LogP contribution in [0.2, 0.25) is 0 Å². The summed E-state index contributed by atoms with van der Waals surface area (Å²) in [4.78, 5) is 26.2. The number of phenolic OH excluding ortho intramolecular Hbond substituents is 3. The minimum atomic E-state index is -1.81. The Morgan fingerprint density at radius 2 is 1.50 bits per heavy atom. The lowest BCUT2D eigenvalue weighted by molar-refractivity contribution is -0.314. The molecule has 0 amide bonds. The highest BCUT2D eigenvalue weighted by atomic mass is 16.7. The van der Waals surface area contributed by atoms with Crippen molar-refractivity contribution in [3.8, 4) is 28.6 Å². The Morgan fingerprint density at radius 3 is 2.17 bits per heavy atom. The standard InChI is InChI=1S/C27H28O13/c1-9-20(32)23(35)26(40-27-24(36)22(34)19(31)10(2)38-27)25(37-9)18-14(30)8-16-17(21(18)33)13(29)7-15(39-16)11-3-5-12(28)6-4-11/h3-10,19-20,22,24-28,30-34,36H,1-2H3/t9?,10?,19-,20+,22?,24-,25-,26?,27-/m0/s1. The SMILES string of the molecule is CC1O[C@@H](OC2C(=O)[C@H](O)C(C)O[C@H]2c2c(O)cc3oc(-c4ccc(O)cc4)cc(=O)c3c2O)[C@@H](O)C(O)[C@H]1O. The number of hydrogen-bond acceptors (Lipinski definition) is 13. The van der Waals surface area contributed by atoms with Gasteiger partial charge in [-0.15, -0.1) is 0 Å². The van der Waals surface area contributed by atoms with Crippen molar-refractivity contribution in [2.75, 3.05) is 0 Å². The molecule has 3 aromatic rings. The summed E-state index contributed by atoms with van der Waals surface area (Å²) >= 11 is 0. The molecule has 7 N–H and O–H groups in total. The third-order valence-corrected chi connectivity index (χ3v) is 7.19. The first-order valence-corrected chi connectivity index (χ1v) is 12.4. The van der Waals surface area contributed by atoms with Crippen LogP contribution in [0.15, 0.2) is 45.6 Å². The van der Waals surface area contributed by atoms with Crippen LogP contribution >= 0.6 is 0 Å². The molecule has 2 aliphatic rings. The molecule has 0 radical (unpaired) electrons. The lowest BCUT2D eigenvalue weighted by Gasteiger charge is -2.43. The van der Waals surface area contributed by atoms with Crippen LogP contribution in [0.1, 0.15) is 25.5 Å². The molecule has 2 fully saturated rings. The van der Waals surface area contributed by atoms with Gasteiger partial charge in [0.2, 0.25) is 0 Å². The second-order valence-electron chi connectivity index (χ2n) is 9.90. The van der Waals surface area contributed by atoms with Crippen LogP contribution in [0.3, 0.4) is 0 Å². The van der Waals surface area contributed by atoms with Crippen molar-refractivity contribution in [2.24, 2.45) is 0 Å². The molecule has 0 aliphatic carbocycles. The summed E-state index contributed by atoms with van der Waals surface area (Å²) in [5.41, 5.74) is -0.884. The summed E-state index contributed by atoms with van der Waals surface area (Å²) in [5.74, 6) is -2.27. The molecule has 40 heavy (non-hydrogen) atoms. The number of ether oxygens (including phenoxy) is 3. The molecule has 3 heterocycles. The molecule has 0 bridgehead atoms. The van der Waals surface area contributed by atoms with Crippen molar-refractivity contribution in [1.82, 2.24) is 0 Å². The van der Waals surface area contributed by atoms with Crippen molar-refractivity contribution >= 4 is 16.8 Å². The van der Waals surface area contributed by atoms with Crippen molar-refractivity contribution in [2.45, 2.75) is 69.0 Å². The zero-order chi connectivity index (χ0) is 29.0. The smallest absolute Gasteiger partial charge is 0.197 e. The van der Waals surface area contributed by atoms with E-state index >= 15 is 0 Å². The minimum absolute atomic E-state index is 0.00347. The summed E-state index contributed by atoms with van der Waals surface area (Å²) < 4.78 is 22.6. The molecule has 9 atom stereocenters. The fourth-order valence-corrected chi connectivity index (χ4v) is 4.91. The summed E-state index contributed by atoms with van der Waals surface area (Å²) in [5, 5.41) is 72.2. The lowest BCUT2D eigenvalue weighted by atomic mass is 9.90. The molecule has 2 saturated heterocycles. The molecular formula is C27H28O13. The Morgan fingerprint density at radius 1 is 0.825 bits per heavy atom. The Hall–Kier alpha value is -3.56. The quantitative estimate of drug-likeness (QED) is 0.227. The Labute approximate surface area is 226 Å². The van der Waals surface area contributed by atoms with Crippen LogP contribution in [0.5, 0.6) is 17.2 Å². The number of aliphatic hydroxyl groups excluding tert-OH is 4. The van der Waals surface area contributed by atoms with Crippen molar-refractivity contribution in [3.63, 3.8) is 0 Å². The third-order valence-electron chi connectivity index (χ3n) is 7.19. The number of carbonyl (C=O) groups excluding carboxylic acids is 1. The summed E-state index contributed by atoms with van der Waals surface area (Å²) in [6.07, 6.45) is -13.9. The van der Waals surface area contributed by atoms with Gasteiger partial charge in [-0.25, -0.2) is 0 Å². The number of ketones is 1. The molecule has 0 saturated carbocycles. The van der Waals surface area contributed by atoms with E-state index in [2.05, 4.69) is 0 Å². The largest absolute Gasteiger partial charge is 0.508 e. The number of hydrogen-bond donors (Lipinski definition) is 7. The summed E-state index contributed by atoms with van der Waals surface area (Å²) in [7, 11) is 0.